The fourth-order valence-corrected chi connectivity index (χ4v) is 3.06. The quantitative estimate of drug-likeness (QED) is 0.153. The number of ether oxygens (including phenoxy) is 2. The zero-order chi connectivity index (χ0) is 26.2. The van der Waals surface area contributed by atoms with Gasteiger partial charge in [-0.25, -0.2) is 10.2 Å². The summed E-state index contributed by atoms with van der Waals surface area (Å²) in [6.45, 7) is 3.49. The zero-order valence-corrected chi connectivity index (χ0v) is 19.8. The van der Waals surface area contributed by atoms with E-state index in [4.69, 9.17) is 15.2 Å². The van der Waals surface area contributed by atoms with E-state index in [2.05, 4.69) is 15.8 Å². The van der Waals surface area contributed by atoms with Crippen molar-refractivity contribution in [1.82, 2.24) is 5.43 Å². The Hall–Kier alpha value is -4.99. The summed E-state index contributed by atoms with van der Waals surface area (Å²) in [5.41, 5.74) is 10.2. The van der Waals surface area contributed by atoms with Crippen LogP contribution in [0.3, 0.4) is 0 Å². The van der Waals surface area contributed by atoms with Crippen LogP contribution in [0, 0.1) is 6.92 Å². The molecule has 0 fully saturated rings. The molecule has 0 radical (unpaired) electrons. The van der Waals surface area contributed by atoms with Crippen LogP contribution in [0.15, 0.2) is 71.8 Å². The molecule has 36 heavy (non-hydrogen) atoms. The number of hydrogen-bond donors (Lipinski definition) is 3. The van der Waals surface area contributed by atoms with Crippen LogP contribution in [0.2, 0.25) is 0 Å². The van der Waals surface area contributed by atoms with E-state index in [-0.39, 0.29) is 17.1 Å². The molecule has 4 N–H and O–H groups in total. The summed E-state index contributed by atoms with van der Waals surface area (Å²) in [4.78, 5) is 47.8. The van der Waals surface area contributed by atoms with Crippen molar-refractivity contribution in [2.75, 3.05) is 12.4 Å². The minimum absolute atomic E-state index is 0.214. The zero-order valence-electron chi connectivity index (χ0n) is 19.8. The number of benzene rings is 3. The van der Waals surface area contributed by atoms with E-state index in [1.54, 1.807) is 43.3 Å². The van der Waals surface area contributed by atoms with Crippen molar-refractivity contribution in [3.05, 3.63) is 89.0 Å². The van der Waals surface area contributed by atoms with Gasteiger partial charge in [0.25, 0.3) is 0 Å². The van der Waals surface area contributed by atoms with Gasteiger partial charge in [-0.15, -0.1) is 0 Å². The number of aryl methyl sites for hydroxylation is 1. The molecule has 0 aliphatic heterocycles. The Morgan fingerprint density at radius 2 is 1.53 bits per heavy atom. The molecule has 10 heteroatoms. The molecule has 0 aromatic heterocycles. The SMILES string of the molecule is COc1cc(/C(C)=N/NC(=O)C(=O)Nc2ccc(C(N)=O)cc2)ccc1OC(=O)c1cccc(C)c1. The molecular formula is C26H24N4O6. The average molecular weight is 489 g/mol. The standard InChI is InChI=1S/C26H24N4O6/c1-15-5-4-6-19(13-15)26(34)36-21-12-9-18(14-22(21)35-3)16(2)29-30-25(33)24(32)28-20-10-7-17(8-11-20)23(27)31/h4-14H,1-3H3,(H2,27,31)(H,28,32)(H,30,33)/b29-16+. The number of amides is 3. The third kappa shape index (κ3) is 6.54. The molecule has 3 amide bonds. The van der Waals surface area contributed by atoms with Crippen molar-refractivity contribution in [3.8, 4) is 11.5 Å². The van der Waals surface area contributed by atoms with Crippen LogP contribution in [0.1, 0.15) is 38.8 Å². The van der Waals surface area contributed by atoms with E-state index >= 15 is 0 Å². The Balaban J connectivity index is 1.64. The summed E-state index contributed by atoms with van der Waals surface area (Å²) in [5, 5.41) is 6.34. The average Bonchev–Trinajstić information content (AvgIpc) is 2.87. The molecule has 0 saturated heterocycles. The van der Waals surface area contributed by atoms with Crippen LogP contribution in [-0.4, -0.2) is 36.5 Å². The van der Waals surface area contributed by atoms with Crippen LogP contribution in [0.4, 0.5) is 5.69 Å². The summed E-state index contributed by atoms with van der Waals surface area (Å²) >= 11 is 0. The number of nitrogens with two attached hydrogens (primary N) is 1. The largest absolute Gasteiger partial charge is 0.493 e. The molecule has 0 heterocycles. The van der Waals surface area contributed by atoms with E-state index in [9.17, 15) is 19.2 Å². The number of carbonyl (C=O) groups is 4. The highest BCUT2D eigenvalue weighted by Crippen LogP contribution is 2.29. The molecule has 10 nitrogen and oxygen atoms in total. The molecule has 3 aromatic rings. The summed E-state index contributed by atoms with van der Waals surface area (Å²) in [5.74, 6) is -2.58. The van der Waals surface area contributed by atoms with Gasteiger partial charge in [0.15, 0.2) is 11.5 Å². The normalized spacial score (nSPS) is 10.8. The van der Waals surface area contributed by atoms with Gasteiger partial charge in [-0.05, 0) is 68.4 Å². The Labute approximate surface area is 207 Å². The highest BCUT2D eigenvalue weighted by molar-refractivity contribution is 6.39. The van der Waals surface area contributed by atoms with Crippen molar-refractivity contribution in [3.63, 3.8) is 0 Å². The first kappa shape index (κ1) is 25.6. The second-order valence-electron chi connectivity index (χ2n) is 7.66. The summed E-state index contributed by atoms with van der Waals surface area (Å²) < 4.78 is 10.8. The number of rotatable bonds is 7. The van der Waals surface area contributed by atoms with Crippen molar-refractivity contribution in [2.24, 2.45) is 10.8 Å². The lowest BCUT2D eigenvalue weighted by atomic mass is 10.1. The van der Waals surface area contributed by atoms with Gasteiger partial charge in [-0.1, -0.05) is 17.7 Å². The molecule has 0 atom stereocenters. The number of carbonyl (C=O) groups excluding carboxylic acids is 4. The highest BCUT2D eigenvalue weighted by atomic mass is 16.6. The molecule has 0 spiro atoms. The fraction of sp³-hybridized carbons (Fsp3) is 0.115. The first-order chi connectivity index (χ1) is 17.2. The molecule has 3 aromatic carbocycles. The van der Waals surface area contributed by atoms with Crippen molar-refractivity contribution >= 4 is 35.1 Å². The number of nitrogens with zero attached hydrogens (tertiary/aromatic N) is 1. The van der Waals surface area contributed by atoms with Crippen molar-refractivity contribution < 1.29 is 28.7 Å². The number of nitrogens with one attached hydrogen (secondary N) is 2. The lowest BCUT2D eigenvalue weighted by molar-refractivity contribution is -0.136. The summed E-state index contributed by atoms with van der Waals surface area (Å²) in [7, 11) is 1.43. The van der Waals surface area contributed by atoms with Gasteiger partial charge in [-0.3, -0.25) is 14.4 Å². The Morgan fingerprint density at radius 3 is 2.17 bits per heavy atom. The monoisotopic (exact) mass is 488 g/mol. The number of methoxy groups -OCH3 is 1. The summed E-state index contributed by atoms with van der Waals surface area (Å²) in [6.07, 6.45) is 0. The maximum absolute atomic E-state index is 12.5. The van der Waals surface area contributed by atoms with E-state index in [1.807, 2.05) is 13.0 Å². The maximum Gasteiger partial charge on any atom is 0.343 e. The predicted molar refractivity (Wildman–Crippen MR) is 133 cm³/mol. The van der Waals surface area contributed by atoms with Gasteiger partial charge in [-0.2, -0.15) is 5.10 Å². The molecule has 0 saturated carbocycles. The number of hydrazone groups is 1. The van der Waals surface area contributed by atoms with E-state index in [0.29, 0.717) is 22.5 Å². The Bertz CT molecular complexity index is 1350. The highest BCUT2D eigenvalue weighted by Gasteiger charge is 2.16. The second kappa shape index (κ2) is 11.4. The van der Waals surface area contributed by atoms with Gasteiger partial charge in [0.1, 0.15) is 0 Å². The smallest absolute Gasteiger partial charge is 0.343 e. The van der Waals surface area contributed by atoms with Crippen molar-refractivity contribution in [1.29, 1.82) is 0 Å². The van der Waals surface area contributed by atoms with Crippen LogP contribution >= 0.6 is 0 Å². The number of primary amides is 1. The third-order valence-electron chi connectivity index (χ3n) is 5.00. The predicted octanol–water partition coefficient (Wildman–Crippen LogP) is 2.80. The molecular weight excluding hydrogens is 464 g/mol. The van der Waals surface area contributed by atoms with Crippen molar-refractivity contribution in [2.45, 2.75) is 13.8 Å². The third-order valence-corrected chi connectivity index (χ3v) is 5.00. The number of anilines is 1. The molecule has 0 aliphatic carbocycles. The number of hydrogen-bond acceptors (Lipinski definition) is 7. The topological polar surface area (TPSA) is 149 Å². The van der Waals surface area contributed by atoms with E-state index in [0.717, 1.165) is 5.56 Å². The number of esters is 1. The van der Waals surface area contributed by atoms with Gasteiger partial charge in [0.2, 0.25) is 5.91 Å². The Kier molecular flexibility index (Phi) is 8.14. The second-order valence-corrected chi connectivity index (χ2v) is 7.66. The van der Waals surface area contributed by atoms with E-state index in [1.165, 1.54) is 31.4 Å². The summed E-state index contributed by atoms with van der Waals surface area (Å²) in [6, 6.07) is 17.5. The van der Waals surface area contributed by atoms with Gasteiger partial charge in [0.05, 0.1) is 18.4 Å². The van der Waals surface area contributed by atoms with Crippen LogP contribution < -0.4 is 25.9 Å². The molecule has 3 rings (SSSR count). The first-order valence-corrected chi connectivity index (χ1v) is 10.7. The minimum atomic E-state index is -0.996. The molecule has 0 bridgehead atoms. The van der Waals surface area contributed by atoms with Crippen LogP contribution in [0.5, 0.6) is 11.5 Å². The maximum atomic E-state index is 12.5. The minimum Gasteiger partial charge on any atom is -0.493 e. The first-order valence-electron chi connectivity index (χ1n) is 10.7. The molecule has 184 valence electrons. The van der Waals surface area contributed by atoms with Crippen LogP contribution in [0.25, 0.3) is 0 Å². The van der Waals surface area contributed by atoms with Gasteiger partial charge < -0.3 is 20.5 Å². The van der Waals surface area contributed by atoms with Gasteiger partial charge in [0, 0.05) is 16.8 Å². The lowest BCUT2D eigenvalue weighted by Gasteiger charge is -2.11. The molecule has 0 aliphatic rings. The van der Waals surface area contributed by atoms with E-state index < -0.39 is 23.7 Å². The van der Waals surface area contributed by atoms with Gasteiger partial charge >= 0.3 is 17.8 Å². The molecule has 0 unspecified atom stereocenters. The fourth-order valence-electron chi connectivity index (χ4n) is 3.06. The Morgan fingerprint density at radius 1 is 0.833 bits per heavy atom. The van der Waals surface area contributed by atoms with Crippen LogP contribution in [-0.2, 0) is 9.59 Å². The lowest BCUT2D eigenvalue weighted by Crippen LogP contribution is -2.33.